The first-order valence-electron chi connectivity index (χ1n) is 10.8. The number of anilines is 1. The van der Waals surface area contributed by atoms with Crippen LogP contribution in [0.25, 0.3) is 6.08 Å². The normalized spacial score (nSPS) is 16.2. The van der Waals surface area contributed by atoms with E-state index < -0.39 is 0 Å². The van der Waals surface area contributed by atoms with Gasteiger partial charge in [-0.25, -0.2) is 0 Å². The number of benzene rings is 1. The summed E-state index contributed by atoms with van der Waals surface area (Å²) in [7, 11) is 0. The molecule has 0 amide bonds. The van der Waals surface area contributed by atoms with Gasteiger partial charge in [-0.05, 0) is 63.5 Å². The zero-order chi connectivity index (χ0) is 21.2. The van der Waals surface area contributed by atoms with Crippen LogP contribution in [-0.4, -0.2) is 12.1 Å². The summed E-state index contributed by atoms with van der Waals surface area (Å²) in [6.07, 6.45) is 14.2. The third kappa shape index (κ3) is 8.48. The smallest absolute Gasteiger partial charge is 0.0390 e. The summed E-state index contributed by atoms with van der Waals surface area (Å²) in [5.41, 5.74) is 11.0. The minimum atomic E-state index is 0.110. The van der Waals surface area contributed by atoms with Crippen LogP contribution in [0.15, 0.2) is 48.1 Å². The maximum atomic E-state index is 6.24. The fourth-order valence-corrected chi connectivity index (χ4v) is 4.04. The van der Waals surface area contributed by atoms with Gasteiger partial charge < -0.3 is 11.1 Å². The monoisotopic (exact) mass is 382 g/mol. The van der Waals surface area contributed by atoms with Gasteiger partial charge >= 0.3 is 0 Å². The lowest BCUT2D eigenvalue weighted by Gasteiger charge is -2.35. The molecule has 1 rings (SSSR count). The van der Waals surface area contributed by atoms with Crippen molar-refractivity contribution in [3.05, 3.63) is 59.2 Å². The average Bonchev–Trinajstić information content (AvgIpc) is 2.61. The molecule has 0 aliphatic rings. The second kappa shape index (κ2) is 11.9. The minimum absolute atomic E-state index is 0.110. The van der Waals surface area contributed by atoms with Gasteiger partial charge in [0.05, 0.1) is 0 Å². The molecule has 1 aromatic carbocycles. The fourth-order valence-electron chi connectivity index (χ4n) is 4.04. The van der Waals surface area contributed by atoms with Crippen molar-refractivity contribution in [3.63, 3.8) is 0 Å². The molecule has 0 heterocycles. The third-order valence-corrected chi connectivity index (χ3v) is 5.17. The Balaban J connectivity index is 2.90. The van der Waals surface area contributed by atoms with Crippen molar-refractivity contribution in [2.75, 3.05) is 12.3 Å². The lowest BCUT2D eigenvalue weighted by atomic mass is 9.82. The second-order valence-electron chi connectivity index (χ2n) is 8.87. The predicted molar refractivity (Wildman–Crippen MR) is 127 cm³/mol. The number of rotatable bonds is 11. The maximum absolute atomic E-state index is 6.24. The van der Waals surface area contributed by atoms with Crippen LogP contribution >= 0.6 is 0 Å². The molecule has 1 aromatic rings. The lowest BCUT2D eigenvalue weighted by Crippen LogP contribution is -2.45. The number of hydrogen-bond acceptors (Lipinski definition) is 2. The molecule has 0 fully saturated rings. The Hall–Kier alpha value is -1.80. The molecule has 0 aliphatic heterocycles. The van der Waals surface area contributed by atoms with Crippen LogP contribution in [-0.2, 0) is 6.42 Å². The quantitative estimate of drug-likeness (QED) is 0.327. The van der Waals surface area contributed by atoms with Gasteiger partial charge in [0.25, 0.3) is 0 Å². The lowest BCUT2D eigenvalue weighted by molar-refractivity contribution is 0.260. The summed E-state index contributed by atoms with van der Waals surface area (Å²) < 4.78 is 0. The molecular formula is C26H42N2. The van der Waals surface area contributed by atoms with E-state index in [-0.39, 0.29) is 5.54 Å². The summed E-state index contributed by atoms with van der Waals surface area (Å²) in [5.74, 6) is 1.19. The molecule has 0 aromatic heterocycles. The summed E-state index contributed by atoms with van der Waals surface area (Å²) in [4.78, 5) is 0. The Morgan fingerprint density at radius 3 is 2.50 bits per heavy atom. The van der Waals surface area contributed by atoms with E-state index in [9.17, 15) is 0 Å². The van der Waals surface area contributed by atoms with Crippen LogP contribution in [0.4, 0.5) is 5.69 Å². The number of allylic oxidation sites excluding steroid dienone is 4. The summed E-state index contributed by atoms with van der Waals surface area (Å²) in [6, 6.07) is 6.21. The van der Waals surface area contributed by atoms with Crippen LogP contribution in [0.3, 0.4) is 0 Å². The van der Waals surface area contributed by atoms with Crippen molar-refractivity contribution < 1.29 is 0 Å². The van der Waals surface area contributed by atoms with E-state index in [0.717, 1.165) is 31.5 Å². The van der Waals surface area contributed by atoms with Crippen molar-refractivity contribution in [2.24, 2.45) is 11.8 Å². The Morgan fingerprint density at radius 2 is 1.89 bits per heavy atom. The van der Waals surface area contributed by atoms with Gasteiger partial charge in [-0.15, -0.1) is 0 Å². The van der Waals surface area contributed by atoms with Crippen molar-refractivity contribution in [1.82, 2.24) is 5.32 Å². The molecule has 0 radical (unpaired) electrons. The zero-order valence-corrected chi connectivity index (χ0v) is 19.2. The van der Waals surface area contributed by atoms with Crippen molar-refractivity contribution in [1.29, 1.82) is 0 Å². The van der Waals surface area contributed by atoms with Crippen LogP contribution < -0.4 is 11.1 Å². The summed E-state index contributed by atoms with van der Waals surface area (Å²) in [5, 5.41) is 3.86. The molecule has 1 unspecified atom stereocenters. The first-order valence-corrected chi connectivity index (χ1v) is 10.8. The SMILES string of the molecule is C/C=C\C=C/[C@@H](C)CC(C)(CC(C)C)NC/C(C)=C/c1c(N)cccc1CC. The van der Waals surface area contributed by atoms with E-state index in [1.54, 1.807) is 0 Å². The number of nitrogens with two attached hydrogens (primary N) is 1. The first kappa shape index (κ1) is 24.2. The third-order valence-electron chi connectivity index (χ3n) is 5.17. The molecule has 3 N–H and O–H groups in total. The van der Waals surface area contributed by atoms with E-state index in [2.05, 4.69) is 90.2 Å². The Kier molecular flexibility index (Phi) is 10.3. The van der Waals surface area contributed by atoms with Crippen molar-refractivity contribution >= 4 is 11.8 Å². The van der Waals surface area contributed by atoms with E-state index in [1.807, 2.05) is 12.1 Å². The molecule has 2 atom stereocenters. The molecule has 2 nitrogen and oxygen atoms in total. The maximum Gasteiger partial charge on any atom is 0.0390 e. The van der Waals surface area contributed by atoms with Gasteiger partial charge in [-0.1, -0.05) is 75.8 Å². The number of hydrogen-bond donors (Lipinski definition) is 2. The first-order chi connectivity index (χ1) is 13.2. The fraction of sp³-hybridized carbons (Fsp3) is 0.538. The van der Waals surface area contributed by atoms with Crippen LogP contribution in [0.1, 0.15) is 72.4 Å². The molecule has 0 saturated carbocycles. The van der Waals surface area contributed by atoms with Gasteiger partial charge in [0.1, 0.15) is 0 Å². The highest BCUT2D eigenvalue weighted by Gasteiger charge is 2.26. The standard InChI is InChI=1S/C26H42N2/c1-8-10-11-13-21(5)18-26(7,17-20(3)4)28-19-22(6)16-24-23(9-2)14-12-15-25(24)27/h8,10-16,20-21,28H,9,17-19,27H2,1-7H3/b10-8-,13-11-,22-16+/t21-,26?/m1/s1. The molecule has 0 aliphatic carbocycles. The average molecular weight is 383 g/mol. The van der Waals surface area contributed by atoms with Crippen LogP contribution in [0.5, 0.6) is 0 Å². The largest absolute Gasteiger partial charge is 0.398 e. The van der Waals surface area contributed by atoms with Crippen molar-refractivity contribution in [2.45, 2.75) is 73.3 Å². The molecule has 28 heavy (non-hydrogen) atoms. The molecule has 2 heteroatoms. The molecule has 156 valence electrons. The van der Waals surface area contributed by atoms with Gasteiger partial charge in [0, 0.05) is 23.3 Å². The highest BCUT2D eigenvalue weighted by atomic mass is 15.0. The van der Waals surface area contributed by atoms with Gasteiger partial charge in [-0.3, -0.25) is 0 Å². The van der Waals surface area contributed by atoms with E-state index in [0.29, 0.717) is 11.8 Å². The highest BCUT2D eigenvalue weighted by molar-refractivity contribution is 5.69. The second-order valence-corrected chi connectivity index (χ2v) is 8.87. The number of aryl methyl sites for hydroxylation is 1. The predicted octanol–water partition coefficient (Wildman–Crippen LogP) is 6.79. The van der Waals surface area contributed by atoms with Gasteiger partial charge in [0.15, 0.2) is 0 Å². The topological polar surface area (TPSA) is 38.0 Å². The molecular weight excluding hydrogens is 340 g/mol. The Bertz CT molecular complexity index is 682. The van der Waals surface area contributed by atoms with E-state index in [4.69, 9.17) is 5.73 Å². The van der Waals surface area contributed by atoms with Crippen LogP contribution in [0.2, 0.25) is 0 Å². The molecule has 0 spiro atoms. The number of nitrogen functional groups attached to an aromatic ring is 1. The Morgan fingerprint density at radius 1 is 1.18 bits per heavy atom. The van der Waals surface area contributed by atoms with Crippen LogP contribution in [0, 0.1) is 11.8 Å². The molecule has 0 saturated heterocycles. The Labute approximate surface area is 174 Å². The van der Waals surface area contributed by atoms with Gasteiger partial charge in [0.2, 0.25) is 0 Å². The summed E-state index contributed by atoms with van der Waals surface area (Å²) >= 11 is 0. The zero-order valence-electron chi connectivity index (χ0n) is 19.2. The minimum Gasteiger partial charge on any atom is -0.398 e. The van der Waals surface area contributed by atoms with Crippen molar-refractivity contribution in [3.8, 4) is 0 Å². The van der Waals surface area contributed by atoms with E-state index >= 15 is 0 Å². The summed E-state index contributed by atoms with van der Waals surface area (Å²) in [6.45, 7) is 16.6. The highest BCUT2D eigenvalue weighted by Crippen LogP contribution is 2.26. The molecule has 0 bridgehead atoms. The van der Waals surface area contributed by atoms with E-state index in [1.165, 1.54) is 16.7 Å². The van der Waals surface area contributed by atoms with Gasteiger partial charge in [-0.2, -0.15) is 0 Å². The number of nitrogens with one attached hydrogen (secondary N) is 1.